The first-order chi connectivity index (χ1) is 13.3. The van der Waals surface area contributed by atoms with Crippen LogP contribution >= 0.6 is 11.3 Å². The molecule has 1 amide bonds. The van der Waals surface area contributed by atoms with E-state index in [9.17, 15) is 4.79 Å². The van der Waals surface area contributed by atoms with E-state index in [0.29, 0.717) is 6.42 Å². The highest BCUT2D eigenvalue weighted by molar-refractivity contribution is 7.13. The van der Waals surface area contributed by atoms with Crippen molar-refractivity contribution in [1.82, 2.24) is 9.88 Å². The Kier molecular flexibility index (Phi) is 5.49. The molecule has 1 aliphatic heterocycles. The van der Waals surface area contributed by atoms with Crippen LogP contribution < -0.4 is 4.90 Å². The van der Waals surface area contributed by atoms with Crippen LogP contribution in [0.1, 0.15) is 23.6 Å². The molecule has 0 N–H and O–H groups in total. The maximum absolute atomic E-state index is 13.0. The normalized spacial score (nSPS) is 17.1. The van der Waals surface area contributed by atoms with Gasteiger partial charge >= 0.3 is 0 Å². The molecule has 1 atom stereocenters. The van der Waals surface area contributed by atoms with Crippen molar-refractivity contribution in [3.05, 3.63) is 83.4 Å². The topological polar surface area (TPSA) is 36.4 Å². The first-order valence-electron chi connectivity index (χ1n) is 9.34. The second kappa shape index (κ2) is 8.35. The minimum Gasteiger partial charge on any atom is -0.344 e. The van der Waals surface area contributed by atoms with Crippen molar-refractivity contribution in [3.8, 4) is 0 Å². The van der Waals surface area contributed by atoms with Gasteiger partial charge in [0.05, 0.1) is 6.04 Å². The number of rotatable bonds is 5. The molecule has 0 saturated carbocycles. The molecule has 2 aromatic carbocycles. The van der Waals surface area contributed by atoms with E-state index in [4.69, 9.17) is 0 Å². The SMILES string of the molecule is O=C(CCc1ccccc1)N1CCN(c2nccs2)CC1c1ccccc1. The first-order valence-corrected chi connectivity index (χ1v) is 10.2. The maximum atomic E-state index is 13.0. The van der Waals surface area contributed by atoms with E-state index in [0.717, 1.165) is 31.2 Å². The molecule has 3 aromatic rings. The Morgan fingerprint density at radius 3 is 2.48 bits per heavy atom. The number of piperazine rings is 1. The van der Waals surface area contributed by atoms with Gasteiger partial charge in [0.25, 0.3) is 0 Å². The van der Waals surface area contributed by atoms with Gasteiger partial charge in [-0.15, -0.1) is 11.3 Å². The van der Waals surface area contributed by atoms with Crippen LogP contribution in [0.3, 0.4) is 0 Å². The number of aromatic nitrogens is 1. The van der Waals surface area contributed by atoms with E-state index in [-0.39, 0.29) is 11.9 Å². The van der Waals surface area contributed by atoms with Gasteiger partial charge in [0.15, 0.2) is 5.13 Å². The molecule has 4 rings (SSSR count). The van der Waals surface area contributed by atoms with E-state index >= 15 is 0 Å². The van der Waals surface area contributed by atoms with E-state index in [1.54, 1.807) is 11.3 Å². The van der Waals surface area contributed by atoms with Crippen LogP contribution in [0.15, 0.2) is 72.2 Å². The number of aryl methyl sites for hydroxylation is 1. The van der Waals surface area contributed by atoms with Crippen molar-refractivity contribution < 1.29 is 4.79 Å². The van der Waals surface area contributed by atoms with Crippen LogP contribution in [0.4, 0.5) is 5.13 Å². The van der Waals surface area contributed by atoms with Crippen LogP contribution in [-0.4, -0.2) is 35.4 Å². The highest BCUT2D eigenvalue weighted by Gasteiger charge is 2.32. The van der Waals surface area contributed by atoms with Crippen molar-refractivity contribution in [3.63, 3.8) is 0 Å². The molecule has 27 heavy (non-hydrogen) atoms. The number of carbonyl (C=O) groups excluding carboxylic acids is 1. The Morgan fingerprint density at radius 1 is 1.04 bits per heavy atom. The molecular weight excluding hydrogens is 354 g/mol. The predicted octanol–water partition coefficient (Wildman–Crippen LogP) is 4.17. The van der Waals surface area contributed by atoms with Gasteiger partial charge in [0.2, 0.25) is 5.91 Å². The predicted molar refractivity (Wildman–Crippen MR) is 110 cm³/mol. The highest BCUT2D eigenvalue weighted by Crippen LogP contribution is 2.30. The van der Waals surface area contributed by atoms with E-state index in [1.807, 2.05) is 48.0 Å². The molecule has 1 aliphatic rings. The summed E-state index contributed by atoms with van der Waals surface area (Å²) in [7, 11) is 0. The van der Waals surface area contributed by atoms with Crippen molar-refractivity contribution in [1.29, 1.82) is 0 Å². The average molecular weight is 378 g/mol. The van der Waals surface area contributed by atoms with E-state index in [1.165, 1.54) is 11.1 Å². The summed E-state index contributed by atoms with van der Waals surface area (Å²) in [6.07, 6.45) is 3.17. The summed E-state index contributed by atoms with van der Waals surface area (Å²) in [4.78, 5) is 21.9. The molecule has 0 radical (unpaired) electrons. The van der Waals surface area contributed by atoms with Gasteiger partial charge in [-0.2, -0.15) is 0 Å². The molecule has 138 valence electrons. The third-order valence-electron chi connectivity index (χ3n) is 5.05. The van der Waals surface area contributed by atoms with Crippen molar-refractivity contribution in [2.24, 2.45) is 0 Å². The molecule has 0 bridgehead atoms. The van der Waals surface area contributed by atoms with Gasteiger partial charge in [-0.25, -0.2) is 4.98 Å². The molecule has 1 saturated heterocycles. The number of nitrogens with zero attached hydrogens (tertiary/aromatic N) is 3. The fraction of sp³-hybridized carbons (Fsp3) is 0.273. The van der Waals surface area contributed by atoms with Crippen molar-refractivity contribution in [2.75, 3.05) is 24.5 Å². The zero-order chi connectivity index (χ0) is 18.5. The summed E-state index contributed by atoms with van der Waals surface area (Å²) >= 11 is 1.66. The summed E-state index contributed by atoms with van der Waals surface area (Å²) < 4.78 is 0. The Bertz CT molecular complexity index is 852. The summed E-state index contributed by atoms with van der Waals surface area (Å²) in [5.74, 6) is 0.228. The lowest BCUT2D eigenvalue weighted by atomic mass is 10.0. The average Bonchev–Trinajstić information content (AvgIpc) is 3.28. The number of carbonyl (C=O) groups is 1. The number of hydrogen-bond donors (Lipinski definition) is 0. The maximum Gasteiger partial charge on any atom is 0.223 e. The smallest absolute Gasteiger partial charge is 0.223 e. The minimum atomic E-state index is 0.0622. The molecule has 1 fully saturated rings. The highest BCUT2D eigenvalue weighted by atomic mass is 32.1. The molecule has 0 aliphatic carbocycles. The molecule has 4 nitrogen and oxygen atoms in total. The third-order valence-corrected chi connectivity index (χ3v) is 5.88. The zero-order valence-electron chi connectivity index (χ0n) is 15.2. The second-order valence-electron chi connectivity index (χ2n) is 6.76. The molecule has 1 aromatic heterocycles. The monoisotopic (exact) mass is 377 g/mol. The minimum absolute atomic E-state index is 0.0622. The lowest BCUT2D eigenvalue weighted by molar-refractivity contribution is -0.134. The summed E-state index contributed by atoms with van der Waals surface area (Å²) in [6.45, 7) is 2.34. The summed E-state index contributed by atoms with van der Waals surface area (Å²) in [5, 5.41) is 3.04. The fourth-order valence-electron chi connectivity index (χ4n) is 3.63. The standard InChI is InChI=1S/C22H23N3OS/c26-21(12-11-18-7-3-1-4-8-18)25-15-14-24(22-23-13-16-27-22)17-20(25)19-9-5-2-6-10-19/h1-10,13,16,20H,11-12,14-15,17H2. The van der Waals surface area contributed by atoms with Crippen LogP contribution in [0.25, 0.3) is 0 Å². The van der Waals surface area contributed by atoms with Gasteiger partial charge < -0.3 is 9.80 Å². The van der Waals surface area contributed by atoms with Crippen LogP contribution in [0, 0.1) is 0 Å². The molecule has 0 spiro atoms. The zero-order valence-corrected chi connectivity index (χ0v) is 16.0. The fourth-order valence-corrected chi connectivity index (χ4v) is 4.31. The van der Waals surface area contributed by atoms with Crippen LogP contribution in [0.2, 0.25) is 0 Å². The largest absolute Gasteiger partial charge is 0.344 e. The Balaban J connectivity index is 1.50. The number of amides is 1. The lowest BCUT2D eigenvalue weighted by Crippen LogP contribution is -2.50. The lowest BCUT2D eigenvalue weighted by Gasteiger charge is -2.41. The summed E-state index contributed by atoms with van der Waals surface area (Å²) in [5.41, 5.74) is 2.40. The van der Waals surface area contributed by atoms with E-state index < -0.39 is 0 Å². The first kappa shape index (κ1) is 17.7. The van der Waals surface area contributed by atoms with Crippen LogP contribution in [0.5, 0.6) is 0 Å². The van der Waals surface area contributed by atoms with Crippen molar-refractivity contribution >= 4 is 22.4 Å². The van der Waals surface area contributed by atoms with Gasteiger partial charge in [-0.3, -0.25) is 4.79 Å². The Hall–Kier alpha value is -2.66. The Morgan fingerprint density at radius 2 is 1.78 bits per heavy atom. The van der Waals surface area contributed by atoms with Gasteiger partial charge in [0, 0.05) is 37.6 Å². The van der Waals surface area contributed by atoms with Gasteiger partial charge in [-0.1, -0.05) is 60.7 Å². The second-order valence-corrected chi connectivity index (χ2v) is 7.63. The summed E-state index contributed by atoms with van der Waals surface area (Å²) in [6, 6.07) is 20.6. The number of hydrogen-bond acceptors (Lipinski definition) is 4. The molecule has 5 heteroatoms. The van der Waals surface area contributed by atoms with Crippen LogP contribution in [-0.2, 0) is 11.2 Å². The Labute approximate surface area is 164 Å². The van der Waals surface area contributed by atoms with Crippen molar-refractivity contribution in [2.45, 2.75) is 18.9 Å². The van der Waals surface area contributed by atoms with Gasteiger partial charge in [0.1, 0.15) is 0 Å². The van der Waals surface area contributed by atoms with E-state index in [2.05, 4.69) is 39.0 Å². The molecular formula is C22H23N3OS. The van der Waals surface area contributed by atoms with Gasteiger partial charge in [-0.05, 0) is 17.5 Å². The molecule has 1 unspecified atom stereocenters. The number of benzene rings is 2. The quantitative estimate of drug-likeness (QED) is 0.670. The third kappa shape index (κ3) is 4.19. The number of thiazole rings is 1. The number of anilines is 1. The molecule has 2 heterocycles.